The molecule has 3 heterocycles. The predicted molar refractivity (Wildman–Crippen MR) is 72.0 cm³/mol. The number of hydrogen-bond acceptors (Lipinski definition) is 5. The maximum Gasteiger partial charge on any atom is 0.269 e. The van der Waals surface area contributed by atoms with Crippen molar-refractivity contribution < 1.29 is 9.53 Å². The van der Waals surface area contributed by atoms with Gasteiger partial charge in [0.25, 0.3) is 5.91 Å². The quantitative estimate of drug-likeness (QED) is 0.859. The van der Waals surface area contributed by atoms with Crippen LogP contribution in [0.15, 0.2) is 23.1 Å². The van der Waals surface area contributed by atoms with Gasteiger partial charge in [0.1, 0.15) is 10.3 Å². The van der Waals surface area contributed by atoms with Crippen molar-refractivity contribution in [2.24, 2.45) is 7.05 Å². The fraction of sp³-hybridized carbons (Fsp3) is 0.455. The number of hydrogen-bond donors (Lipinski definition) is 1. The number of halogens is 1. The Balaban J connectivity index is 1.74. The van der Waals surface area contributed by atoms with Crippen molar-refractivity contribution in [1.29, 1.82) is 0 Å². The molecule has 1 amide bonds. The van der Waals surface area contributed by atoms with E-state index in [1.54, 1.807) is 30.2 Å². The molecule has 1 saturated heterocycles. The van der Waals surface area contributed by atoms with Crippen LogP contribution in [0.2, 0.25) is 0 Å². The number of ether oxygens (including phenoxy) is 1. The third-order valence-corrected chi connectivity index (χ3v) is 3.62. The summed E-state index contributed by atoms with van der Waals surface area (Å²) >= 11 is 3.25. The average Bonchev–Trinajstić information content (AvgIpc) is 3.09. The third kappa shape index (κ3) is 2.46. The van der Waals surface area contributed by atoms with Crippen LogP contribution in [0.4, 0.5) is 0 Å². The van der Waals surface area contributed by atoms with E-state index in [1.165, 1.54) is 4.68 Å². The Bertz CT molecular complexity index is 610. The lowest BCUT2D eigenvalue weighted by Gasteiger charge is -2.18. The van der Waals surface area contributed by atoms with E-state index in [9.17, 15) is 4.79 Å². The van der Waals surface area contributed by atoms with Crippen molar-refractivity contribution in [3.8, 4) is 0 Å². The number of amides is 1. The monoisotopic (exact) mass is 340 g/mol. The number of aryl methyl sites for hydroxylation is 1. The molecule has 2 aromatic rings. The van der Waals surface area contributed by atoms with Crippen LogP contribution in [0.3, 0.4) is 0 Å². The first-order valence-electron chi connectivity index (χ1n) is 6.09. The van der Waals surface area contributed by atoms with Crippen LogP contribution in [0.5, 0.6) is 0 Å². The number of rotatable bonds is 3. The van der Waals surface area contributed by atoms with Gasteiger partial charge in [-0.15, -0.1) is 5.10 Å². The number of carbonyl (C=O) groups excluding carboxylic acids is 1. The summed E-state index contributed by atoms with van der Waals surface area (Å²) in [6.07, 6.45) is 3.37. The zero-order valence-electron chi connectivity index (χ0n) is 10.7. The minimum absolute atomic E-state index is 0.0434. The zero-order valence-corrected chi connectivity index (χ0v) is 12.3. The normalized spacial score (nSPS) is 22.1. The molecular formula is C11H13BrN6O2. The van der Waals surface area contributed by atoms with Crippen LogP contribution >= 0.6 is 15.9 Å². The van der Waals surface area contributed by atoms with E-state index in [0.717, 1.165) is 0 Å². The second-order valence-electron chi connectivity index (χ2n) is 4.54. The number of nitrogens with zero attached hydrogens (tertiary/aromatic N) is 5. The largest absolute Gasteiger partial charge is 0.377 e. The predicted octanol–water partition coefficient (Wildman–Crippen LogP) is 0.144. The van der Waals surface area contributed by atoms with Gasteiger partial charge in [-0.05, 0) is 15.9 Å². The maximum atomic E-state index is 12.3. The Kier molecular flexibility index (Phi) is 3.53. The van der Waals surface area contributed by atoms with Crippen LogP contribution in [0.1, 0.15) is 16.5 Å². The first kappa shape index (κ1) is 13.3. The van der Waals surface area contributed by atoms with Crippen LogP contribution < -0.4 is 5.32 Å². The molecule has 0 radical (unpaired) electrons. The van der Waals surface area contributed by atoms with E-state index in [0.29, 0.717) is 23.5 Å². The van der Waals surface area contributed by atoms with Gasteiger partial charge < -0.3 is 10.1 Å². The molecule has 0 aromatic carbocycles. The molecule has 2 atom stereocenters. The molecule has 1 aliphatic rings. The lowest BCUT2D eigenvalue weighted by molar-refractivity contribution is 0.0915. The molecule has 0 aliphatic carbocycles. The van der Waals surface area contributed by atoms with Gasteiger partial charge in [-0.3, -0.25) is 9.48 Å². The summed E-state index contributed by atoms with van der Waals surface area (Å²) < 4.78 is 9.29. The zero-order chi connectivity index (χ0) is 14.1. The van der Waals surface area contributed by atoms with Crippen LogP contribution in [-0.2, 0) is 11.8 Å². The minimum atomic E-state index is -0.189. The Morgan fingerprint density at radius 3 is 3.05 bits per heavy atom. The molecule has 8 nitrogen and oxygen atoms in total. The third-order valence-electron chi connectivity index (χ3n) is 3.23. The molecule has 0 bridgehead atoms. The summed E-state index contributed by atoms with van der Waals surface area (Å²) in [5.41, 5.74) is 0.487. The highest BCUT2D eigenvalue weighted by molar-refractivity contribution is 9.10. The topological polar surface area (TPSA) is 86.9 Å². The molecule has 106 valence electrons. The molecule has 20 heavy (non-hydrogen) atoms. The Labute approximate surface area is 123 Å². The van der Waals surface area contributed by atoms with Gasteiger partial charge in [0.05, 0.1) is 31.5 Å². The number of nitrogens with one attached hydrogen (secondary N) is 1. The SMILES string of the molecule is Cn1nc(Br)cc1C(=O)N[C@H]1COC[C@H]1n1ccnn1. The molecule has 9 heteroatoms. The van der Waals surface area contributed by atoms with Gasteiger partial charge >= 0.3 is 0 Å². The molecule has 3 rings (SSSR count). The van der Waals surface area contributed by atoms with Gasteiger partial charge in [0, 0.05) is 19.3 Å². The fourth-order valence-electron chi connectivity index (χ4n) is 2.22. The lowest BCUT2D eigenvalue weighted by atomic mass is 10.1. The Morgan fingerprint density at radius 1 is 1.55 bits per heavy atom. The Hall–Kier alpha value is -1.74. The van der Waals surface area contributed by atoms with Crippen molar-refractivity contribution in [1.82, 2.24) is 30.1 Å². The molecule has 0 spiro atoms. The fourth-order valence-corrected chi connectivity index (χ4v) is 2.68. The van der Waals surface area contributed by atoms with Gasteiger partial charge in [-0.25, -0.2) is 4.68 Å². The molecule has 0 saturated carbocycles. The van der Waals surface area contributed by atoms with Crippen LogP contribution in [-0.4, -0.2) is 49.9 Å². The van der Waals surface area contributed by atoms with Gasteiger partial charge in [-0.1, -0.05) is 5.21 Å². The van der Waals surface area contributed by atoms with E-state index in [4.69, 9.17) is 4.74 Å². The molecule has 1 aliphatic heterocycles. The van der Waals surface area contributed by atoms with E-state index < -0.39 is 0 Å². The van der Waals surface area contributed by atoms with Crippen molar-refractivity contribution in [3.63, 3.8) is 0 Å². The van der Waals surface area contributed by atoms with E-state index in [-0.39, 0.29) is 18.0 Å². The summed E-state index contributed by atoms with van der Waals surface area (Å²) in [4.78, 5) is 12.3. The van der Waals surface area contributed by atoms with Crippen LogP contribution in [0, 0.1) is 0 Å². The summed E-state index contributed by atoms with van der Waals surface area (Å²) in [5.74, 6) is -0.189. The van der Waals surface area contributed by atoms with Gasteiger partial charge in [-0.2, -0.15) is 5.10 Å². The number of aromatic nitrogens is 5. The summed E-state index contributed by atoms with van der Waals surface area (Å²) in [6.45, 7) is 0.957. The van der Waals surface area contributed by atoms with Crippen LogP contribution in [0.25, 0.3) is 0 Å². The molecular weight excluding hydrogens is 328 g/mol. The first-order valence-corrected chi connectivity index (χ1v) is 6.88. The summed E-state index contributed by atoms with van der Waals surface area (Å²) in [7, 11) is 1.72. The summed E-state index contributed by atoms with van der Waals surface area (Å²) in [6, 6.07) is 1.49. The average molecular weight is 341 g/mol. The van der Waals surface area contributed by atoms with Gasteiger partial charge in [0.2, 0.25) is 0 Å². The standard InChI is InChI=1S/C11H13BrN6O2/c1-17-8(4-10(12)15-17)11(19)14-7-5-20-6-9(7)18-3-2-13-16-18/h2-4,7,9H,5-6H2,1H3,(H,14,19)/t7-,9+/m0/s1. The second kappa shape index (κ2) is 5.33. The molecule has 1 fully saturated rings. The van der Waals surface area contributed by atoms with E-state index >= 15 is 0 Å². The highest BCUT2D eigenvalue weighted by Gasteiger charge is 2.32. The van der Waals surface area contributed by atoms with E-state index in [2.05, 4.69) is 36.7 Å². The second-order valence-corrected chi connectivity index (χ2v) is 5.36. The lowest BCUT2D eigenvalue weighted by Crippen LogP contribution is -2.41. The van der Waals surface area contributed by atoms with Gasteiger partial charge in [0.15, 0.2) is 0 Å². The molecule has 0 unspecified atom stereocenters. The van der Waals surface area contributed by atoms with E-state index in [1.807, 2.05) is 0 Å². The smallest absolute Gasteiger partial charge is 0.269 e. The van der Waals surface area contributed by atoms with Crippen molar-refractivity contribution in [3.05, 3.63) is 28.8 Å². The maximum absolute atomic E-state index is 12.3. The number of carbonyl (C=O) groups is 1. The summed E-state index contributed by atoms with van der Waals surface area (Å²) in [5, 5.41) is 14.8. The Morgan fingerprint density at radius 2 is 2.40 bits per heavy atom. The highest BCUT2D eigenvalue weighted by atomic mass is 79.9. The van der Waals surface area contributed by atoms with Crippen molar-refractivity contribution >= 4 is 21.8 Å². The van der Waals surface area contributed by atoms with Crippen molar-refractivity contribution in [2.75, 3.05) is 13.2 Å². The molecule has 1 N–H and O–H groups in total. The minimum Gasteiger partial charge on any atom is -0.377 e. The first-order chi connectivity index (χ1) is 9.65. The van der Waals surface area contributed by atoms with Crippen molar-refractivity contribution in [2.45, 2.75) is 12.1 Å². The molecule has 2 aromatic heterocycles. The highest BCUT2D eigenvalue weighted by Crippen LogP contribution is 2.19.